The Morgan fingerprint density at radius 1 is 0.500 bits per heavy atom. The molecule has 0 unspecified atom stereocenters. The fourth-order valence-corrected chi connectivity index (χ4v) is 11.7. The zero-order valence-electron chi connectivity index (χ0n) is 63.5. The lowest BCUT2D eigenvalue weighted by Crippen LogP contribution is -2.44. The highest BCUT2D eigenvalue weighted by atomic mass is 19.1. The molecule has 10 aromatic heterocycles. The number of pyridine rings is 7. The molecule has 0 bridgehead atoms. The predicted octanol–water partition coefficient (Wildman–Crippen LogP) is 10.0. The number of likely N-dealkylation sites (N-methyl/N-ethyl adjacent to an activating group) is 2. The molecule has 37 heteroatoms. The van der Waals surface area contributed by atoms with Gasteiger partial charge in [0.1, 0.15) is 47.0 Å². The van der Waals surface area contributed by atoms with Gasteiger partial charge >= 0.3 is 0 Å². The van der Waals surface area contributed by atoms with E-state index < -0.39 is 51.8 Å². The number of ether oxygens (including phenoxy) is 4. The van der Waals surface area contributed by atoms with Crippen molar-refractivity contribution in [2.24, 2.45) is 14.1 Å². The Balaban J connectivity index is 0.000000160. The van der Waals surface area contributed by atoms with Crippen LogP contribution in [0.3, 0.4) is 0 Å². The van der Waals surface area contributed by atoms with Gasteiger partial charge in [-0.05, 0) is 133 Å². The summed E-state index contributed by atoms with van der Waals surface area (Å²) in [4.78, 5) is 127. The highest BCUT2D eigenvalue weighted by Crippen LogP contribution is 2.33. The number of hydrogen-bond donors (Lipinski definition) is 6. The van der Waals surface area contributed by atoms with Gasteiger partial charge in [-0.2, -0.15) is 15.0 Å². The molecule has 2 fully saturated rings. The first-order chi connectivity index (χ1) is 55.8. The lowest BCUT2D eigenvalue weighted by atomic mass is 10.1. The van der Waals surface area contributed by atoms with Crippen molar-refractivity contribution in [3.05, 3.63) is 233 Å². The van der Waals surface area contributed by atoms with E-state index in [2.05, 4.69) is 130 Å². The van der Waals surface area contributed by atoms with Crippen LogP contribution in [0.25, 0.3) is 38.8 Å². The van der Waals surface area contributed by atoms with E-state index in [0.717, 1.165) is 94.5 Å². The van der Waals surface area contributed by atoms with Crippen LogP contribution >= 0.6 is 0 Å². The van der Waals surface area contributed by atoms with Crippen molar-refractivity contribution in [2.45, 2.75) is 18.9 Å². The van der Waals surface area contributed by atoms with Crippen molar-refractivity contribution in [3.63, 3.8) is 0 Å². The van der Waals surface area contributed by atoms with Crippen LogP contribution in [0.2, 0.25) is 0 Å². The molecule has 116 heavy (non-hydrogen) atoms. The Morgan fingerprint density at radius 3 is 1.56 bits per heavy atom. The largest absolute Gasteiger partial charge is 0.488 e. The molecule has 2 aromatic carbocycles. The third-order valence-corrected chi connectivity index (χ3v) is 17.8. The quantitative estimate of drug-likeness (QED) is 0.0242. The van der Waals surface area contributed by atoms with Crippen molar-refractivity contribution in [1.82, 2.24) is 78.2 Å². The fourth-order valence-electron chi connectivity index (χ4n) is 11.7. The number of amides is 3. The molecule has 0 spiro atoms. The van der Waals surface area contributed by atoms with Crippen LogP contribution < -0.4 is 72.4 Å². The molecule has 3 amide bonds. The van der Waals surface area contributed by atoms with Gasteiger partial charge in [-0.25, -0.2) is 52.4 Å². The molecular weight excluding hydrogens is 1510 g/mol. The Morgan fingerprint density at radius 2 is 1.01 bits per heavy atom. The molecular formula is C79H77F4N23O10. The van der Waals surface area contributed by atoms with Gasteiger partial charge in [-0.15, -0.1) is 0 Å². The number of piperazine rings is 1. The number of benzene rings is 2. The molecule has 12 aromatic rings. The van der Waals surface area contributed by atoms with Crippen LogP contribution in [0.5, 0.6) is 40.5 Å². The number of nitrogens with zero attached hydrogens (tertiary/aromatic N) is 17. The number of piperidine rings is 1. The third kappa shape index (κ3) is 20.4. The second-order valence-corrected chi connectivity index (χ2v) is 26.5. The van der Waals surface area contributed by atoms with Gasteiger partial charge in [0.2, 0.25) is 47.3 Å². The van der Waals surface area contributed by atoms with E-state index in [9.17, 15) is 46.3 Å². The summed E-state index contributed by atoms with van der Waals surface area (Å²) in [6, 6.07) is 22.3. The molecule has 33 nitrogen and oxygen atoms in total. The van der Waals surface area contributed by atoms with Gasteiger partial charge in [0.25, 0.3) is 16.7 Å². The maximum absolute atomic E-state index is 14.4. The molecule has 12 heterocycles. The SMILES string of the molecule is C=CC(=O)Nc1cc(Nc2ncc3cc(Oc4ccc(F)cn4)c(=O)n(C)c3n2)ncc1N1CCN(C)CC1.C=CC(=O)Nc1cc(Nc2ncc3cc(Oc4ccc(F)cn4)c(=O)n(C)c3n2)ncc1OCCN(C)C.C=CC(=O)Nc1cccc(-n2c(=O)c(Oc3ccc(F)cc3F)cc3cnc(NC4CCN(C)CC4)nc32)c1. The summed E-state index contributed by atoms with van der Waals surface area (Å²) < 4.78 is 80.4. The molecule has 0 atom stereocenters. The van der Waals surface area contributed by atoms with Crippen molar-refractivity contribution in [2.75, 3.05) is 117 Å². The average Bonchev–Trinajstić information content (AvgIpc) is 0.773. The summed E-state index contributed by atoms with van der Waals surface area (Å²) in [6.07, 6.45) is 15.1. The Kier molecular flexibility index (Phi) is 25.7. The first-order valence-corrected chi connectivity index (χ1v) is 35.8. The molecule has 2 aliphatic rings. The third-order valence-electron chi connectivity index (χ3n) is 17.8. The van der Waals surface area contributed by atoms with Crippen LogP contribution in [-0.2, 0) is 28.5 Å². The highest BCUT2D eigenvalue weighted by Gasteiger charge is 2.24. The lowest BCUT2D eigenvalue weighted by Gasteiger charge is -2.34. The minimum Gasteiger partial charge on any atom is -0.488 e. The molecule has 0 saturated carbocycles. The van der Waals surface area contributed by atoms with Crippen LogP contribution in [-0.4, -0.2) is 183 Å². The molecule has 2 aliphatic heterocycles. The number of carbonyl (C=O) groups excluding carboxylic acids is 3. The first kappa shape index (κ1) is 81.0. The van der Waals surface area contributed by atoms with Gasteiger partial charge in [-0.3, -0.25) is 42.5 Å². The second-order valence-electron chi connectivity index (χ2n) is 26.5. The number of halogens is 4. The first-order valence-electron chi connectivity index (χ1n) is 35.8. The molecule has 0 aliphatic carbocycles. The molecule has 2 saturated heterocycles. The molecule has 14 rings (SSSR count). The van der Waals surface area contributed by atoms with Crippen LogP contribution in [0.15, 0.2) is 193 Å². The Bertz CT molecular complexity index is 5880. The topological polar surface area (TPSA) is 368 Å². The number of hydrogen-bond acceptors (Lipinski definition) is 27. The monoisotopic (exact) mass is 1580 g/mol. The lowest BCUT2D eigenvalue weighted by molar-refractivity contribution is -0.112. The van der Waals surface area contributed by atoms with Gasteiger partial charge in [0.15, 0.2) is 40.2 Å². The summed E-state index contributed by atoms with van der Waals surface area (Å²) in [5.74, 6) is -2.48. The summed E-state index contributed by atoms with van der Waals surface area (Å²) in [6.45, 7) is 16.8. The Labute approximate surface area is 658 Å². The summed E-state index contributed by atoms with van der Waals surface area (Å²) in [7, 11) is 11.1. The number of anilines is 9. The van der Waals surface area contributed by atoms with Crippen molar-refractivity contribution in [1.29, 1.82) is 0 Å². The maximum atomic E-state index is 14.4. The van der Waals surface area contributed by atoms with E-state index >= 15 is 0 Å². The zero-order valence-corrected chi connectivity index (χ0v) is 63.5. The van der Waals surface area contributed by atoms with Gasteiger partial charge in [0, 0.05) is 124 Å². The standard InChI is InChI=1S/C28H26F2N6O3.C26H26FN9O3.C25H25FN8O4/c1-3-25(37)32-20-5-4-6-21(15-20)36-26-17(16-31-28(34-26)33-19-9-11-35(2)12-10-19)13-24(27(36)38)39-23-8-7-18(29)14-22(23)30;1-4-22(37)31-18-12-21(28-15-19(18)36-9-7-34(2)8-10-36)32-26-30-13-16-11-20(25(38)35(3)24(16)33-26)39-23-6-5-17(27)14-29-23;1-5-21(35)30-17-11-20(27-14-19(17)37-9-8-33(2)3)31-25-29-12-15-10-18(24(36)34(4)23(15)32-25)38-22-7-6-16(26)13-28-22/h3-8,13-16,19H,1,9-12H2,2H3,(H,32,37)(H,31,33,34);4-6,11-15H,1,7-10H2,2-3H3,(H2,28,30,31,32,33,37);5-7,10-14H,1,8-9H2,2-4H3,(H2,27,29,30,31,32,35). The van der Waals surface area contributed by atoms with E-state index in [4.69, 9.17) is 18.9 Å². The van der Waals surface area contributed by atoms with Crippen molar-refractivity contribution in [3.8, 4) is 46.2 Å². The van der Waals surface area contributed by atoms with E-state index in [1.54, 1.807) is 55.8 Å². The van der Waals surface area contributed by atoms with Crippen molar-refractivity contribution >= 4 is 103 Å². The van der Waals surface area contributed by atoms with E-state index in [1.807, 2.05) is 19.0 Å². The van der Waals surface area contributed by atoms with Gasteiger partial charge in [-0.1, -0.05) is 25.8 Å². The Hall–Kier alpha value is -14.5. The van der Waals surface area contributed by atoms with Crippen molar-refractivity contribution < 1.29 is 50.9 Å². The maximum Gasteiger partial charge on any atom is 0.299 e. The van der Waals surface area contributed by atoms with Gasteiger partial charge in [0.05, 0.1) is 47.5 Å². The van der Waals surface area contributed by atoms with Gasteiger partial charge < -0.3 is 70.4 Å². The van der Waals surface area contributed by atoms with E-state index in [1.165, 1.54) is 87.9 Å². The minimum atomic E-state index is -0.955. The second kappa shape index (κ2) is 36.8. The number of likely N-dealkylation sites (tertiary alicyclic amines) is 1. The van der Waals surface area contributed by atoms with E-state index in [0.29, 0.717) is 92.8 Å². The van der Waals surface area contributed by atoms with E-state index in [-0.39, 0.29) is 64.3 Å². The number of carbonyl (C=O) groups is 3. The highest BCUT2D eigenvalue weighted by molar-refractivity contribution is 6.02. The molecule has 0 radical (unpaired) electrons. The molecule has 596 valence electrons. The number of aryl methyl sites for hydroxylation is 2. The number of nitrogens with one attached hydrogen (secondary N) is 6. The normalized spacial score (nSPS) is 13.0. The summed E-state index contributed by atoms with van der Waals surface area (Å²) in [5, 5.41) is 19.1. The number of fused-ring (bicyclic) bond motifs is 3. The molecule has 6 N–H and O–H groups in total. The minimum absolute atomic E-state index is 0.00261. The van der Waals surface area contributed by atoms with Crippen LogP contribution in [0.1, 0.15) is 12.8 Å². The smallest absolute Gasteiger partial charge is 0.299 e. The summed E-state index contributed by atoms with van der Waals surface area (Å²) in [5.41, 5.74) is 1.96. The summed E-state index contributed by atoms with van der Waals surface area (Å²) >= 11 is 0. The predicted molar refractivity (Wildman–Crippen MR) is 429 cm³/mol. The van der Waals surface area contributed by atoms with Crippen LogP contribution in [0.4, 0.5) is 69.8 Å². The fraction of sp³-hybridized carbons (Fsp3) is 0.215. The van der Waals surface area contributed by atoms with Crippen LogP contribution in [0, 0.1) is 23.3 Å². The average molecular weight is 1580 g/mol. The number of rotatable bonds is 24. The number of aromatic nitrogens is 13. The zero-order chi connectivity index (χ0) is 82.3.